The molecule has 0 fully saturated rings. The van der Waals surface area contributed by atoms with E-state index in [2.05, 4.69) is 45.7 Å². The van der Waals surface area contributed by atoms with E-state index in [4.69, 9.17) is 4.74 Å². The van der Waals surface area contributed by atoms with E-state index in [-0.39, 0.29) is 11.5 Å². The molecular formula is C22H23BrN4O3S. The number of nitrogens with zero attached hydrogens (tertiary/aromatic N) is 4. The molecule has 0 spiro atoms. The summed E-state index contributed by atoms with van der Waals surface area (Å²) in [5, 5.41) is 20.1. The van der Waals surface area contributed by atoms with Crippen LogP contribution >= 0.6 is 27.7 Å². The molecule has 3 aromatic rings. The summed E-state index contributed by atoms with van der Waals surface area (Å²) in [7, 11) is 0. The summed E-state index contributed by atoms with van der Waals surface area (Å²) in [4.78, 5) is 11.2. The van der Waals surface area contributed by atoms with E-state index in [0.717, 1.165) is 15.7 Å². The highest BCUT2D eigenvalue weighted by atomic mass is 79.9. The quantitative estimate of drug-likeness (QED) is 0.163. The topological polar surface area (TPSA) is 83.1 Å². The fraction of sp³-hybridized carbons (Fsp3) is 0.273. The lowest BCUT2D eigenvalue weighted by Crippen LogP contribution is -2.13. The summed E-state index contributed by atoms with van der Waals surface area (Å²) in [5.74, 6) is 1.29. The molecule has 0 saturated carbocycles. The highest BCUT2D eigenvalue weighted by Crippen LogP contribution is 2.41. The molecule has 31 heavy (non-hydrogen) atoms. The Balaban J connectivity index is 2.04. The van der Waals surface area contributed by atoms with E-state index in [1.807, 2.05) is 42.7 Å². The van der Waals surface area contributed by atoms with Crippen LogP contribution in [0.2, 0.25) is 0 Å². The van der Waals surface area contributed by atoms with Gasteiger partial charge < -0.3 is 4.74 Å². The fourth-order valence-corrected chi connectivity index (χ4v) is 4.67. The van der Waals surface area contributed by atoms with Gasteiger partial charge in [-0.25, -0.2) is 0 Å². The third kappa shape index (κ3) is 5.54. The van der Waals surface area contributed by atoms with E-state index < -0.39 is 5.25 Å². The standard InChI is InChI=1S/C22H23BrN4O3S/c1-5-10-30-20-9-7-17(23)12-19(20)21(13-26(28)29)31-22-25-24-16(4)27(22)18-8-6-14(2)15(3)11-18/h5-9,11-12,21H,1,10,13H2,2-4H3/t21-/m0/s1. The molecule has 0 amide bonds. The minimum Gasteiger partial charge on any atom is -0.489 e. The monoisotopic (exact) mass is 502 g/mol. The van der Waals surface area contributed by atoms with Crippen molar-refractivity contribution in [3.8, 4) is 11.4 Å². The molecule has 0 bridgehead atoms. The van der Waals surface area contributed by atoms with Crippen molar-refractivity contribution in [1.82, 2.24) is 14.8 Å². The molecule has 2 aromatic carbocycles. The number of nitro groups is 1. The van der Waals surface area contributed by atoms with Gasteiger partial charge in [-0.2, -0.15) is 0 Å². The zero-order valence-corrected chi connectivity index (χ0v) is 19.9. The largest absolute Gasteiger partial charge is 0.489 e. The van der Waals surface area contributed by atoms with Crippen LogP contribution in [0.25, 0.3) is 5.69 Å². The summed E-state index contributed by atoms with van der Waals surface area (Å²) < 4.78 is 8.51. The molecule has 1 heterocycles. The summed E-state index contributed by atoms with van der Waals surface area (Å²) in [6.45, 7) is 9.67. The summed E-state index contributed by atoms with van der Waals surface area (Å²) >= 11 is 4.77. The van der Waals surface area contributed by atoms with Crippen LogP contribution in [0, 0.1) is 30.9 Å². The van der Waals surface area contributed by atoms with Gasteiger partial charge in [-0.15, -0.1) is 10.2 Å². The van der Waals surface area contributed by atoms with E-state index in [9.17, 15) is 10.1 Å². The van der Waals surface area contributed by atoms with Crippen LogP contribution in [0.5, 0.6) is 5.75 Å². The molecule has 3 rings (SSSR count). The summed E-state index contributed by atoms with van der Waals surface area (Å²) in [5.41, 5.74) is 3.97. The van der Waals surface area contributed by atoms with Crippen molar-refractivity contribution in [3.05, 3.63) is 86.2 Å². The predicted octanol–water partition coefficient (Wildman–Crippen LogP) is 5.63. The lowest BCUT2D eigenvalue weighted by molar-refractivity contribution is -0.479. The van der Waals surface area contributed by atoms with Crippen molar-refractivity contribution in [2.24, 2.45) is 0 Å². The van der Waals surface area contributed by atoms with Gasteiger partial charge in [-0.05, 0) is 62.2 Å². The van der Waals surface area contributed by atoms with Crippen molar-refractivity contribution >= 4 is 27.7 Å². The first-order valence-electron chi connectivity index (χ1n) is 9.61. The Bertz CT molecular complexity index is 1120. The van der Waals surface area contributed by atoms with Gasteiger partial charge in [0, 0.05) is 20.6 Å². The number of benzene rings is 2. The molecular weight excluding hydrogens is 480 g/mol. The Kier molecular flexibility index (Phi) is 7.50. The zero-order chi connectivity index (χ0) is 22.5. The van der Waals surface area contributed by atoms with E-state index >= 15 is 0 Å². The first-order valence-corrected chi connectivity index (χ1v) is 11.3. The molecule has 0 saturated heterocycles. The molecule has 1 aromatic heterocycles. The summed E-state index contributed by atoms with van der Waals surface area (Å²) in [6.07, 6.45) is 1.64. The normalized spacial score (nSPS) is 11.9. The van der Waals surface area contributed by atoms with Crippen molar-refractivity contribution < 1.29 is 9.66 Å². The zero-order valence-electron chi connectivity index (χ0n) is 17.5. The second-order valence-electron chi connectivity index (χ2n) is 7.04. The first kappa shape index (κ1) is 23.0. The molecule has 162 valence electrons. The third-order valence-corrected chi connectivity index (χ3v) is 6.44. The van der Waals surface area contributed by atoms with Gasteiger partial charge >= 0.3 is 0 Å². The van der Waals surface area contributed by atoms with E-state index in [0.29, 0.717) is 28.9 Å². The fourth-order valence-electron chi connectivity index (χ4n) is 3.09. The number of aromatic nitrogens is 3. The van der Waals surface area contributed by atoms with E-state index in [1.54, 1.807) is 12.1 Å². The van der Waals surface area contributed by atoms with Gasteiger partial charge in [0.2, 0.25) is 6.54 Å². The van der Waals surface area contributed by atoms with Gasteiger partial charge in [0.05, 0.1) is 0 Å². The number of aryl methyl sites for hydroxylation is 3. The molecule has 0 N–H and O–H groups in total. The van der Waals surface area contributed by atoms with Gasteiger partial charge in [-0.3, -0.25) is 14.7 Å². The van der Waals surface area contributed by atoms with Crippen LogP contribution in [0.4, 0.5) is 0 Å². The maximum atomic E-state index is 11.5. The minimum absolute atomic E-state index is 0.287. The van der Waals surface area contributed by atoms with Gasteiger partial charge in [-0.1, -0.05) is 46.4 Å². The lowest BCUT2D eigenvalue weighted by atomic mass is 10.1. The first-order chi connectivity index (χ1) is 14.8. The molecule has 0 unspecified atom stereocenters. The van der Waals surface area contributed by atoms with Gasteiger partial charge in [0.15, 0.2) is 5.16 Å². The Morgan fingerprint density at radius 3 is 2.68 bits per heavy atom. The average Bonchev–Trinajstić information content (AvgIpc) is 3.08. The molecule has 7 nitrogen and oxygen atoms in total. The van der Waals surface area contributed by atoms with Gasteiger partial charge in [0.25, 0.3) is 0 Å². The molecule has 0 aliphatic carbocycles. The Hall–Kier alpha value is -2.65. The number of ether oxygens (including phenoxy) is 1. The average molecular weight is 503 g/mol. The van der Waals surface area contributed by atoms with Crippen molar-refractivity contribution in [2.45, 2.75) is 31.2 Å². The smallest absolute Gasteiger partial charge is 0.220 e. The van der Waals surface area contributed by atoms with Crippen molar-refractivity contribution in [3.63, 3.8) is 0 Å². The van der Waals surface area contributed by atoms with Crippen molar-refractivity contribution in [1.29, 1.82) is 0 Å². The molecule has 0 radical (unpaired) electrons. The highest BCUT2D eigenvalue weighted by molar-refractivity contribution is 9.10. The Morgan fingerprint density at radius 2 is 2.00 bits per heavy atom. The SMILES string of the molecule is C=CCOc1ccc(Br)cc1[C@H](C[N+](=O)[O-])Sc1nnc(C)n1-c1ccc(C)c(C)c1. The van der Waals surface area contributed by atoms with E-state index in [1.165, 1.54) is 17.3 Å². The maximum absolute atomic E-state index is 11.5. The Morgan fingerprint density at radius 1 is 1.23 bits per heavy atom. The maximum Gasteiger partial charge on any atom is 0.220 e. The Labute approximate surface area is 193 Å². The van der Waals surface area contributed by atoms with Crippen LogP contribution in [0.15, 0.2) is 58.7 Å². The number of thioether (sulfide) groups is 1. The van der Waals surface area contributed by atoms with Crippen molar-refractivity contribution in [2.75, 3.05) is 13.2 Å². The van der Waals surface area contributed by atoms with Crippen LogP contribution in [-0.2, 0) is 0 Å². The van der Waals surface area contributed by atoms with Crippen LogP contribution in [0.3, 0.4) is 0 Å². The minimum atomic E-state index is -0.527. The highest BCUT2D eigenvalue weighted by Gasteiger charge is 2.27. The number of hydrogen-bond donors (Lipinski definition) is 0. The number of hydrogen-bond acceptors (Lipinski definition) is 6. The molecule has 9 heteroatoms. The molecule has 0 aliphatic heterocycles. The second kappa shape index (κ2) is 10.1. The summed E-state index contributed by atoms with van der Waals surface area (Å²) in [6, 6.07) is 11.6. The van der Waals surface area contributed by atoms with Crippen LogP contribution in [0.1, 0.15) is 27.8 Å². The van der Waals surface area contributed by atoms with Gasteiger partial charge in [0.1, 0.15) is 23.4 Å². The van der Waals surface area contributed by atoms with Crippen LogP contribution < -0.4 is 4.74 Å². The number of halogens is 1. The lowest BCUT2D eigenvalue weighted by Gasteiger charge is -2.18. The number of rotatable bonds is 9. The van der Waals surface area contributed by atoms with Crippen LogP contribution in [-0.4, -0.2) is 32.8 Å². The predicted molar refractivity (Wildman–Crippen MR) is 126 cm³/mol. The third-order valence-electron chi connectivity index (χ3n) is 4.78. The second-order valence-corrected chi connectivity index (χ2v) is 9.12. The molecule has 0 aliphatic rings. The molecule has 1 atom stereocenters.